The maximum atomic E-state index is 10.8. The highest BCUT2D eigenvalue weighted by molar-refractivity contribution is 5.87. The molecule has 22 heavy (non-hydrogen) atoms. The van der Waals surface area contributed by atoms with Crippen molar-refractivity contribution in [2.45, 2.75) is 0 Å². The van der Waals surface area contributed by atoms with E-state index in [2.05, 4.69) is 4.98 Å². The predicted octanol–water partition coefficient (Wildman–Crippen LogP) is 3.11. The summed E-state index contributed by atoms with van der Waals surface area (Å²) in [6, 6.07) is 13.2. The number of aromatic nitrogens is 2. The van der Waals surface area contributed by atoms with Crippen LogP contribution in [0.1, 0.15) is 5.69 Å². The Morgan fingerprint density at radius 2 is 2.00 bits per heavy atom. The van der Waals surface area contributed by atoms with Gasteiger partial charge in [-0.2, -0.15) is 0 Å². The molecule has 0 bridgehead atoms. The van der Waals surface area contributed by atoms with Gasteiger partial charge in [0.15, 0.2) is 0 Å². The smallest absolute Gasteiger partial charge is 0.328 e. The third-order valence-corrected chi connectivity index (χ3v) is 3.31. The Hall–Kier alpha value is -3.08. The summed E-state index contributed by atoms with van der Waals surface area (Å²) in [6.07, 6.45) is 4.53. The molecule has 0 unspecified atom stereocenters. The fourth-order valence-electron chi connectivity index (χ4n) is 2.29. The lowest BCUT2D eigenvalue weighted by Crippen LogP contribution is -1.91. The summed E-state index contributed by atoms with van der Waals surface area (Å²) >= 11 is 0. The van der Waals surface area contributed by atoms with Crippen molar-refractivity contribution in [3.05, 3.63) is 60.4 Å². The molecule has 3 rings (SSSR count). The van der Waals surface area contributed by atoms with Crippen molar-refractivity contribution in [3.63, 3.8) is 0 Å². The van der Waals surface area contributed by atoms with Gasteiger partial charge in [-0.1, -0.05) is 6.07 Å². The highest BCUT2D eigenvalue weighted by Crippen LogP contribution is 2.27. The van der Waals surface area contributed by atoms with Gasteiger partial charge in [0.25, 0.3) is 0 Å². The summed E-state index contributed by atoms with van der Waals surface area (Å²) in [5.74, 6) is -0.235. The number of fused-ring (bicyclic) bond motifs is 1. The predicted molar refractivity (Wildman–Crippen MR) is 83.8 cm³/mol. The molecule has 5 nitrogen and oxygen atoms in total. The zero-order chi connectivity index (χ0) is 15.5. The molecule has 0 saturated heterocycles. The summed E-state index contributed by atoms with van der Waals surface area (Å²) in [4.78, 5) is 15.4. The van der Waals surface area contributed by atoms with Crippen LogP contribution in [-0.4, -0.2) is 27.6 Å². The number of nitrogens with zero attached hydrogens (tertiary/aromatic N) is 2. The second-order valence-electron chi connectivity index (χ2n) is 4.67. The number of carbonyl (C=O) groups is 1. The van der Waals surface area contributed by atoms with Crippen LogP contribution in [0.4, 0.5) is 0 Å². The SMILES string of the molecule is COc1ccc(-c2nc3ccccn3c2/C=C/C(=O)O)cc1. The maximum Gasteiger partial charge on any atom is 0.328 e. The van der Waals surface area contributed by atoms with Gasteiger partial charge in [-0.25, -0.2) is 9.78 Å². The molecule has 0 spiro atoms. The van der Waals surface area contributed by atoms with E-state index in [1.54, 1.807) is 13.2 Å². The number of rotatable bonds is 4. The van der Waals surface area contributed by atoms with Gasteiger partial charge in [-0.3, -0.25) is 4.40 Å². The van der Waals surface area contributed by atoms with Crippen LogP contribution in [0.5, 0.6) is 5.75 Å². The van der Waals surface area contributed by atoms with Crippen LogP contribution in [0.2, 0.25) is 0 Å². The molecule has 2 aromatic heterocycles. The summed E-state index contributed by atoms with van der Waals surface area (Å²) < 4.78 is 7.02. The topological polar surface area (TPSA) is 63.8 Å². The third kappa shape index (κ3) is 2.56. The van der Waals surface area contributed by atoms with Gasteiger partial charge in [0.1, 0.15) is 11.4 Å². The van der Waals surface area contributed by atoms with E-state index in [-0.39, 0.29) is 0 Å². The monoisotopic (exact) mass is 294 g/mol. The second-order valence-corrected chi connectivity index (χ2v) is 4.67. The molecular weight excluding hydrogens is 280 g/mol. The first-order chi connectivity index (χ1) is 10.7. The minimum atomic E-state index is -0.994. The molecule has 0 fully saturated rings. The first-order valence-electron chi connectivity index (χ1n) is 6.71. The summed E-state index contributed by atoms with van der Waals surface area (Å²) in [5, 5.41) is 8.88. The van der Waals surface area contributed by atoms with Crippen LogP contribution in [0.15, 0.2) is 54.7 Å². The Morgan fingerprint density at radius 1 is 1.23 bits per heavy atom. The number of imidazole rings is 1. The van der Waals surface area contributed by atoms with E-state index >= 15 is 0 Å². The van der Waals surface area contributed by atoms with Crippen molar-refractivity contribution in [2.24, 2.45) is 0 Å². The van der Waals surface area contributed by atoms with Crippen LogP contribution >= 0.6 is 0 Å². The van der Waals surface area contributed by atoms with Crippen LogP contribution in [0, 0.1) is 0 Å². The minimum Gasteiger partial charge on any atom is -0.497 e. The molecule has 3 aromatic rings. The van der Waals surface area contributed by atoms with E-state index in [0.717, 1.165) is 34.4 Å². The van der Waals surface area contributed by atoms with Crippen molar-refractivity contribution < 1.29 is 14.6 Å². The van der Waals surface area contributed by atoms with E-state index in [9.17, 15) is 4.79 Å². The minimum absolute atomic E-state index is 0.725. The van der Waals surface area contributed by atoms with E-state index in [0.29, 0.717) is 0 Å². The fraction of sp³-hybridized carbons (Fsp3) is 0.0588. The largest absolute Gasteiger partial charge is 0.497 e. The number of benzene rings is 1. The molecule has 0 amide bonds. The van der Waals surface area contributed by atoms with Gasteiger partial charge in [-0.05, 0) is 42.5 Å². The Labute approximate surface area is 127 Å². The van der Waals surface area contributed by atoms with Gasteiger partial charge in [0, 0.05) is 17.8 Å². The van der Waals surface area contributed by atoms with Crippen molar-refractivity contribution in [2.75, 3.05) is 7.11 Å². The Balaban J connectivity index is 2.18. The van der Waals surface area contributed by atoms with Crippen molar-refractivity contribution >= 4 is 17.7 Å². The number of carboxylic acid groups (broad SMARTS) is 1. The number of pyridine rings is 1. The Morgan fingerprint density at radius 3 is 2.68 bits per heavy atom. The van der Waals surface area contributed by atoms with Gasteiger partial charge in [0.05, 0.1) is 18.5 Å². The molecule has 0 aliphatic carbocycles. The van der Waals surface area contributed by atoms with E-state index in [4.69, 9.17) is 9.84 Å². The zero-order valence-electron chi connectivity index (χ0n) is 11.9. The Bertz CT molecular complexity index is 848. The average Bonchev–Trinajstić information content (AvgIpc) is 2.91. The quantitative estimate of drug-likeness (QED) is 0.751. The van der Waals surface area contributed by atoms with Gasteiger partial charge < -0.3 is 9.84 Å². The average molecular weight is 294 g/mol. The van der Waals surface area contributed by atoms with Gasteiger partial charge in [0.2, 0.25) is 0 Å². The number of methoxy groups -OCH3 is 1. The summed E-state index contributed by atoms with van der Waals surface area (Å²) in [5.41, 5.74) is 3.11. The molecule has 110 valence electrons. The zero-order valence-corrected chi connectivity index (χ0v) is 11.9. The first-order valence-corrected chi connectivity index (χ1v) is 6.71. The number of carboxylic acids is 1. The van der Waals surface area contributed by atoms with E-state index in [1.165, 1.54) is 0 Å². The molecule has 5 heteroatoms. The standard InChI is InChI=1S/C17H14N2O3/c1-22-13-7-5-12(6-8-13)17-14(9-10-16(20)21)19-11-3-2-4-15(19)18-17/h2-11H,1H3,(H,20,21)/b10-9+. The van der Waals surface area contributed by atoms with Crippen LogP contribution in [-0.2, 0) is 4.79 Å². The van der Waals surface area contributed by atoms with E-state index < -0.39 is 5.97 Å². The maximum absolute atomic E-state index is 10.8. The van der Waals surface area contributed by atoms with Crippen LogP contribution in [0.25, 0.3) is 23.0 Å². The van der Waals surface area contributed by atoms with Crippen LogP contribution in [0.3, 0.4) is 0 Å². The molecule has 0 radical (unpaired) electrons. The summed E-state index contributed by atoms with van der Waals surface area (Å²) in [6.45, 7) is 0. The molecular formula is C17H14N2O3. The highest BCUT2D eigenvalue weighted by atomic mass is 16.5. The lowest BCUT2D eigenvalue weighted by Gasteiger charge is -2.02. The summed E-state index contributed by atoms with van der Waals surface area (Å²) in [7, 11) is 1.61. The molecule has 0 saturated carbocycles. The molecule has 0 aliphatic rings. The van der Waals surface area contributed by atoms with Gasteiger partial charge in [-0.15, -0.1) is 0 Å². The molecule has 1 aromatic carbocycles. The number of aliphatic carboxylic acids is 1. The van der Waals surface area contributed by atoms with Crippen molar-refractivity contribution in [1.29, 1.82) is 0 Å². The highest BCUT2D eigenvalue weighted by Gasteiger charge is 2.12. The van der Waals surface area contributed by atoms with Crippen LogP contribution < -0.4 is 4.74 Å². The molecule has 0 atom stereocenters. The van der Waals surface area contributed by atoms with Crippen molar-refractivity contribution in [1.82, 2.24) is 9.38 Å². The number of hydrogen-bond acceptors (Lipinski definition) is 3. The molecule has 0 aliphatic heterocycles. The van der Waals surface area contributed by atoms with Crippen molar-refractivity contribution in [3.8, 4) is 17.0 Å². The van der Waals surface area contributed by atoms with Gasteiger partial charge >= 0.3 is 5.97 Å². The molecule has 1 N–H and O–H groups in total. The normalized spacial score (nSPS) is 11.1. The van der Waals surface area contributed by atoms with E-state index in [1.807, 2.05) is 53.1 Å². The number of hydrogen-bond donors (Lipinski definition) is 1. The Kier molecular flexibility index (Phi) is 3.62. The number of ether oxygens (including phenoxy) is 1. The first kappa shape index (κ1) is 13.9. The fourth-order valence-corrected chi connectivity index (χ4v) is 2.29. The molecule has 2 heterocycles. The lowest BCUT2D eigenvalue weighted by molar-refractivity contribution is -0.131. The second kappa shape index (κ2) is 5.73. The lowest BCUT2D eigenvalue weighted by atomic mass is 10.1. The third-order valence-electron chi connectivity index (χ3n) is 3.31.